The van der Waals surface area contributed by atoms with Gasteiger partial charge in [0.25, 0.3) is 5.91 Å². The van der Waals surface area contributed by atoms with Crippen LogP contribution in [-0.2, 0) is 6.61 Å². The molecule has 0 bridgehead atoms. The number of amides is 1. The van der Waals surface area contributed by atoms with Crippen LogP contribution in [0.1, 0.15) is 21.9 Å². The quantitative estimate of drug-likeness (QED) is 0.925. The normalized spacial score (nSPS) is 10.5. The van der Waals surface area contributed by atoms with Crippen LogP contribution in [0.15, 0.2) is 28.7 Å². The van der Waals surface area contributed by atoms with E-state index in [4.69, 9.17) is 14.9 Å². The van der Waals surface area contributed by atoms with E-state index in [9.17, 15) is 13.6 Å². The summed E-state index contributed by atoms with van der Waals surface area (Å²) < 4.78 is 37.4. The zero-order valence-electron chi connectivity index (χ0n) is 10.1. The van der Waals surface area contributed by atoms with Gasteiger partial charge in [-0.1, -0.05) is 0 Å². The van der Waals surface area contributed by atoms with E-state index in [1.54, 1.807) is 19.1 Å². The zero-order chi connectivity index (χ0) is 14.0. The molecular weight excluding hydrogens is 256 g/mol. The van der Waals surface area contributed by atoms with Crippen molar-refractivity contribution in [2.75, 3.05) is 0 Å². The molecule has 0 saturated heterocycles. The number of halogens is 2. The number of hydrogen-bond donors (Lipinski definition) is 1. The zero-order valence-corrected chi connectivity index (χ0v) is 10.1. The molecule has 2 aromatic rings. The van der Waals surface area contributed by atoms with E-state index in [0.717, 1.165) is 12.1 Å². The number of hydrogen-bond acceptors (Lipinski definition) is 3. The highest BCUT2D eigenvalue weighted by molar-refractivity contribution is 5.93. The average molecular weight is 267 g/mol. The van der Waals surface area contributed by atoms with Gasteiger partial charge >= 0.3 is 0 Å². The van der Waals surface area contributed by atoms with E-state index in [-0.39, 0.29) is 12.4 Å². The van der Waals surface area contributed by atoms with Gasteiger partial charge in [0.15, 0.2) is 11.6 Å². The second-order valence-electron chi connectivity index (χ2n) is 3.90. The van der Waals surface area contributed by atoms with Crippen LogP contribution in [0.25, 0.3) is 0 Å². The lowest BCUT2D eigenvalue weighted by molar-refractivity contribution is 0.0991. The number of aryl methyl sites for hydroxylation is 1. The van der Waals surface area contributed by atoms with Gasteiger partial charge in [0.05, 0.1) is 0 Å². The first-order valence-electron chi connectivity index (χ1n) is 5.45. The number of carbonyl (C=O) groups excluding carboxylic acids is 1. The summed E-state index contributed by atoms with van der Waals surface area (Å²) in [6, 6.07) is 5.42. The number of ether oxygens (including phenoxy) is 1. The van der Waals surface area contributed by atoms with Gasteiger partial charge in [0, 0.05) is 0 Å². The molecule has 0 fully saturated rings. The summed E-state index contributed by atoms with van der Waals surface area (Å²) in [6.07, 6.45) is 0. The van der Waals surface area contributed by atoms with Gasteiger partial charge in [-0.15, -0.1) is 0 Å². The van der Waals surface area contributed by atoms with Crippen LogP contribution in [0.2, 0.25) is 0 Å². The lowest BCUT2D eigenvalue weighted by atomic mass is 10.1. The van der Waals surface area contributed by atoms with Gasteiger partial charge in [0.1, 0.15) is 29.5 Å². The van der Waals surface area contributed by atoms with Crippen LogP contribution in [0.4, 0.5) is 8.78 Å². The van der Waals surface area contributed by atoms with E-state index < -0.39 is 23.1 Å². The van der Waals surface area contributed by atoms with Crippen LogP contribution in [0.3, 0.4) is 0 Å². The standard InChI is InChI=1S/C13H11F2NO3/c1-7-2-3-8(19-7)6-18-10-5-4-9(14)11(12(10)15)13(16)17/h2-5H,6H2,1H3,(H2,16,17). The van der Waals surface area contributed by atoms with Crippen molar-refractivity contribution in [1.82, 2.24) is 0 Å². The fourth-order valence-electron chi connectivity index (χ4n) is 1.58. The van der Waals surface area contributed by atoms with Gasteiger partial charge in [0.2, 0.25) is 0 Å². The Labute approximate surface area is 107 Å². The third-order valence-corrected chi connectivity index (χ3v) is 2.47. The Morgan fingerprint density at radius 1 is 1.32 bits per heavy atom. The maximum atomic E-state index is 13.8. The van der Waals surface area contributed by atoms with E-state index in [1.807, 2.05) is 0 Å². The maximum absolute atomic E-state index is 13.8. The van der Waals surface area contributed by atoms with Gasteiger partial charge in [-0.05, 0) is 31.2 Å². The Bertz CT molecular complexity index is 622. The van der Waals surface area contributed by atoms with Crippen LogP contribution < -0.4 is 10.5 Å². The van der Waals surface area contributed by atoms with Crippen LogP contribution >= 0.6 is 0 Å². The van der Waals surface area contributed by atoms with Crippen molar-refractivity contribution in [2.24, 2.45) is 5.73 Å². The van der Waals surface area contributed by atoms with Crippen LogP contribution in [0, 0.1) is 18.6 Å². The number of benzene rings is 1. The molecule has 0 saturated carbocycles. The smallest absolute Gasteiger partial charge is 0.254 e. The van der Waals surface area contributed by atoms with E-state index in [2.05, 4.69) is 0 Å². The third-order valence-electron chi connectivity index (χ3n) is 2.47. The molecule has 2 N–H and O–H groups in total. The number of primary amides is 1. The molecule has 0 atom stereocenters. The Balaban J connectivity index is 2.21. The molecule has 2 rings (SSSR count). The molecule has 4 nitrogen and oxygen atoms in total. The van der Waals surface area contributed by atoms with Crippen molar-refractivity contribution in [3.8, 4) is 5.75 Å². The number of furan rings is 1. The molecule has 100 valence electrons. The highest BCUT2D eigenvalue weighted by Crippen LogP contribution is 2.24. The Hall–Kier alpha value is -2.37. The van der Waals surface area contributed by atoms with E-state index in [0.29, 0.717) is 11.5 Å². The molecule has 1 heterocycles. The van der Waals surface area contributed by atoms with Crippen molar-refractivity contribution in [3.63, 3.8) is 0 Å². The molecule has 0 spiro atoms. The van der Waals surface area contributed by atoms with Crippen LogP contribution in [0.5, 0.6) is 5.75 Å². The highest BCUT2D eigenvalue weighted by Gasteiger charge is 2.19. The van der Waals surface area contributed by atoms with Crippen molar-refractivity contribution in [2.45, 2.75) is 13.5 Å². The number of carbonyl (C=O) groups is 1. The molecule has 6 heteroatoms. The largest absolute Gasteiger partial charge is 0.483 e. The minimum atomic E-state index is -1.19. The van der Waals surface area contributed by atoms with E-state index >= 15 is 0 Å². The fraction of sp³-hybridized carbons (Fsp3) is 0.154. The van der Waals surface area contributed by atoms with Gasteiger partial charge in [-0.3, -0.25) is 4.79 Å². The SMILES string of the molecule is Cc1ccc(COc2ccc(F)c(C(N)=O)c2F)o1. The Kier molecular flexibility index (Phi) is 3.50. The monoisotopic (exact) mass is 267 g/mol. The summed E-state index contributed by atoms with van der Waals surface area (Å²) in [5.41, 5.74) is 4.09. The maximum Gasteiger partial charge on any atom is 0.254 e. The van der Waals surface area contributed by atoms with Crippen molar-refractivity contribution < 1.29 is 22.7 Å². The lowest BCUT2D eigenvalue weighted by Gasteiger charge is -2.08. The first-order chi connectivity index (χ1) is 8.99. The second-order valence-corrected chi connectivity index (χ2v) is 3.90. The summed E-state index contributed by atoms with van der Waals surface area (Å²) in [7, 11) is 0. The molecule has 0 aliphatic heterocycles. The van der Waals surface area contributed by atoms with Crippen molar-refractivity contribution in [3.05, 3.63) is 53.0 Å². The third kappa shape index (κ3) is 2.73. The molecule has 0 aliphatic rings. The predicted molar refractivity (Wildman–Crippen MR) is 62.7 cm³/mol. The summed E-state index contributed by atoms with van der Waals surface area (Å²) in [5, 5.41) is 0. The van der Waals surface area contributed by atoms with Crippen LogP contribution in [-0.4, -0.2) is 5.91 Å². The Morgan fingerprint density at radius 3 is 2.63 bits per heavy atom. The molecule has 1 aromatic heterocycles. The molecule has 1 amide bonds. The average Bonchev–Trinajstić information content (AvgIpc) is 2.74. The topological polar surface area (TPSA) is 65.5 Å². The van der Waals surface area contributed by atoms with Gasteiger partial charge < -0.3 is 14.9 Å². The summed E-state index contributed by atoms with van der Waals surface area (Å²) >= 11 is 0. The molecule has 0 radical (unpaired) electrons. The minimum Gasteiger partial charge on any atom is -0.483 e. The first kappa shape index (κ1) is 13.1. The summed E-state index contributed by atoms with van der Waals surface area (Å²) in [5.74, 6) is -2.40. The Morgan fingerprint density at radius 2 is 2.05 bits per heavy atom. The van der Waals surface area contributed by atoms with Crippen molar-refractivity contribution in [1.29, 1.82) is 0 Å². The molecular formula is C13H11F2NO3. The summed E-state index contributed by atoms with van der Waals surface area (Å²) in [6.45, 7) is 1.72. The minimum absolute atomic E-state index is 0.0331. The van der Waals surface area contributed by atoms with E-state index in [1.165, 1.54) is 0 Å². The number of rotatable bonds is 4. The van der Waals surface area contributed by atoms with Gasteiger partial charge in [-0.2, -0.15) is 0 Å². The highest BCUT2D eigenvalue weighted by atomic mass is 19.1. The molecule has 19 heavy (non-hydrogen) atoms. The summed E-state index contributed by atoms with van der Waals surface area (Å²) in [4.78, 5) is 10.9. The first-order valence-corrected chi connectivity index (χ1v) is 5.45. The molecule has 0 aliphatic carbocycles. The lowest BCUT2D eigenvalue weighted by Crippen LogP contribution is -2.16. The second kappa shape index (κ2) is 5.09. The van der Waals surface area contributed by atoms with Crippen molar-refractivity contribution >= 4 is 5.91 Å². The van der Waals surface area contributed by atoms with Gasteiger partial charge in [-0.25, -0.2) is 8.78 Å². The molecule has 1 aromatic carbocycles. The predicted octanol–water partition coefficient (Wildman–Crippen LogP) is 2.54. The number of nitrogens with two attached hydrogens (primary N) is 1. The molecule has 0 unspecified atom stereocenters. The fourth-order valence-corrected chi connectivity index (χ4v) is 1.58.